The van der Waals surface area contributed by atoms with Crippen molar-refractivity contribution in [2.24, 2.45) is 0 Å². The lowest BCUT2D eigenvalue weighted by molar-refractivity contribution is 0.396. The Hall–Kier alpha value is -1.24. The summed E-state index contributed by atoms with van der Waals surface area (Å²) in [5.41, 5.74) is 1.00. The first-order valence-corrected chi connectivity index (χ1v) is 9.00. The van der Waals surface area contributed by atoms with Crippen LogP contribution in [-0.4, -0.2) is 24.3 Å². The van der Waals surface area contributed by atoms with Gasteiger partial charge in [-0.15, -0.1) is 0 Å². The number of halogens is 1. The zero-order valence-corrected chi connectivity index (χ0v) is 13.7. The quantitative estimate of drug-likeness (QED) is 0.836. The van der Waals surface area contributed by atoms with E-state index in [0.717, 1.165) is 22.9 Å². The Morgan fingerprint density at radius 3 is 2.67 bits per heavy atom. The van der Waals surface area contributed by atoms with Crippen LogP contribution in [0.3, 0.4) is 0 Å². The summed E-state index contributed by atoms with van der Waals surface area (Å²) in [6, 6.07) is 10.5. The fourth-order valence-electron chi connectivity index (χ4n) is 2.71. The van der Waals surface area contributed by atoms with Crippen molar-refractivity contribution in [3.8, 4) is 0 Å². The minimum atomic E-state index is -3.48. The molecule has 4 nitrogen and oxygen atoms in total. The van der Waals surface area contributed by atoms with Crippen molar-refractivity contribution in [2.45, 2.75) is 23.8 Å². The van der Waals surface area contributed by atoms with Gasteiger partial charge in [0.05, 0.1) is 10.9 Å². The van der Waals surface area contributed by atoms with Crippen molar-refractivity contribution in [2.75, 3.05) is 6.54 Å². The van der Waals surface area contributed by atoms with Crippen LogP contribution in [0.5, 0.6) is 0 Å². The molecule has 1 atom stereocenters. The summed E-state index contributed by atoms with van der Waals surface area (Å²) in [6.07, 6.45) is 5.13. The molecule has 1 aliphatic heterocycles. The minimum absolute atomic E-state index is 0.100. The first-order chi connectivity index (χ1) is 10.1. The van der Waals surface area contributed by atoms with E-state index >= 15 is 0 Å². The number of benzene rings is 1. The van der Waals surface area contributed by atoms with Gasteiger partial charge in [-0.05, 0) is 48.7 Å². The number of hydrogen-bond donors (Lipinski definition) is 0. The van der Waals surface area contributed by atoms with E-state index in [-0.39, 0.29) is 6.04 Å². The molecule has 110 valence electrons. The van der Waals surface area contributed by atoms with Crippen molar-refractivity contribution in [1.29, 1.82) is 0 Å². The summed E-state index contributed by atoms with van der Waals surface area (Å²) in [5, 5.41) is 0. The molecule has 0 amide bonds. The molecule has 0 N–H and O–H groups in total. The molecule has 1 aromatic heterocycles. The summed E-state index contributed by atoms with van der Waals surface area (Å²) in [6.45, 7) is 0.557. The fourth-order valence-corrected chi connectivity index (χ4v) is 4.99. The lowest BCUT2D eigenvalue weighted by atomic mass is 10.1. The zero-order valence-electron chi connectivity index (χ0n) is 11.3. The Labute approximate surface area is 133 Å². The van der Waals surface area contributed by atoms with Crippen LogP contribution < -0.4 is 0 Å². The van der Waals surface area contributed by atoms with Gasteiger partial charge >= 0.3 is 0 Å². The molecule has 1 saturated heterocycles. The topological polar surface area (TPSA) is 50.3 Å². The molecular formula is C15H15BrN2O2S. The number of hydrogen-bond acceptors (Lipinski definition) is 3. The smallest absolute Gasteiger partial charge is 0.243 e. The van der Waals surface area contributed by atoms with Gasteiger partial charge < -0.3 is 0 Å². The average molecular weight is 367 g/mol. The minimum Gasteiger partial charge on any atom is -0.265 e. The molecule has 0 bridgehead atoms. The monoisotopic (exact) mass is 366 g/mol. The highest BCUT2D eigenvalue weighted by Gasteiger charge is 2.36. The second kappa shape index (κ2) is 5.87. The number of aromatic nitrogens is 1. The molecule has 1 fully saturated rings. The third-order valence-corrected chi connectivity index (χ3v) is 6.09. The average Bonchev–Trinajstić information content (AvgIpc) is 2.98. The van der Waals surface area contributed by atoms with Crippen molar-refractivity contribution >= 4 is 26.0 Å². The maximum Gasteiger partial charge on any atom is 0.243 e. The van der Waals surface area contributed by atoms with Gasteiger partial charge in [-0.25, -0.2) is 8.42 Å². The number of rotatable bonds is 3. The van der Waals surface area contributed by atoms with Gasteiger partial charge in [0.1, 0.15) is 0 Å². The third-order valence-electron chi connectivity index (χ3n) is 3.70. The van der Waals surface area contributed by atoms with E-state index in [1.165, 1.54) is 0 Å². The second-order valence-corrected chi connectivity index (χ2v) is 7.82. The normalized spacial score (nSPS) is 19.8. The van der Waals surface area contributed by atoms with Gasteiger partial charge in [-0.1, -0.05) is 22.0 Å². The van der Waals surface area contributed by atoms with Crippen molar-refractivity contribution in [3.05, 3.63) is 58.8 Å². The summed E-state index contributed by atoms with van der Waals surface area (Å²) in [5.74, 6) is 0. The van der Waals surface area contributed by atoms with E-state index in [2.05, 4.69) is 20.9 Å². The summed E-state index contributed by atoms with van der Waals surface area (Å²) in [7, 11) is -3.48. The summed E-state index contributed by atoms with van der Waals surface area (Å²) >= 11 is 3.33. The van der Waals surface area contributed by atoms with Crippen LogP contribution in [0.2, 0.25) is 0 Å². The standard InChI is InChI=1S/C15H15BrN2O2S/c16-13-3-1-4-14(11-13)21(19,20)18-10-2-5-15(18)12-6-8-17-9-7-12/h1,3-4,6-9,11,15H,2,5,10H2. The molecule has 21 heavy (non-hydrogen) atoms. The van der Waals surface area contributed by atoms with E-state index in [9.17, 15) is 8.42 Å². The predicted molar refractivity (Wildman–Crippen MR) is 84.2 cm³/mol. The zero-order chi connectivity index (χ0) is 14.9. The molecule has 3 rings (SSSR count). The third kappa shape index (κ3) is 2.88. The van der Waals surface area contributed by atoms with Crippen molar-refractivity contribution in [3.63, 3.8) is 0 Å². The van der Waals surface area contributed by atoms with Crippen molar-refractivity contribution < 1.29 is 8.42 Å². The van der Waals surface area contributed by atoms with Gasteiger partial charge in [-0.2, -0.15) is 4.31 Å². The van der Waals surface area contributed by atoms with E-state index in [0.29, 0.717) is 11.4 Å². The first kappa shape index (κ1) is 14.7. The lowest BCUT2D eigenvalue weighted by Gasteiger charge is -2.24. The SMILES string of the molecule is O=S(=O)(c1cccc(Br)c1)N1CCCC1c1ccncc1. The van der Waals surface area contributed by atoms with Gasteiger partial charge in [0.2, 0.25) is 10.0 Å². The number of sulfonamides is 1. The Kier molecular flexibility index (Phi) is 4.10. The molecule has 1 aliphatic rings. The van der Waals surface area contributed by atoms with E-state index in [1.807, 2.05) is 18.2 Å². The highest BCUT2D eigenvalue weighted by molar-refractivity contribution is 9.10. The van der Waals surface area contributed by atoms with Crippen LogP contribution in [-0.2, 0) is 10.0 Å². The number of pyridine rings is 1. The molecule has 1 unspecified atom stereocenters. The van der Waals surface area contributed by atoms with Gasteiger partial charge in [0.25, 0.3) is 0 Å². The summed E-state index contributed by atoms with van der Waals surface area (Å²) < 4.78 is 28.1. The molecular weight excluding hydrogens is 352 g/mol. The Morgan fingerprint density at radius 1 is 1.19 bits per heavy atom. The molecule has 0 radical (unpaired) electrons. The molecule has 0 spiro atoms. The van der Waals surface area contributed by atoms with E-state index < -0.39 is 10.0 Å². The molecule has 0 aliphatic carbocycles. The Morgan fingerprint density at radius 2 is 1.95 bits per heavy atom. The van der Waals surface area contributed by atoms with Gasteiger partial charge in [0, 0.05) is 23.4 Å². The fraction of sp³-hybridized carbons (Fsp3) is 0.267. The maximum atomic E-state index is 12.9. The maximum absolute atomic E-state index is 12.9. The highest BCUT2D eigenvalue weighted by Crippen LogP contribution is 2.36. The lowest BCUT2D eigenvalue weighted by Crippen LogP contribution is -2.30. The van der Waals surface area contributed by atoms with Crippen molar-refractivity contribution in [1.82, 2.24) is 9.29 Å². The van der Waals surface area contributed by atoms with Crippen LogP contribution in [0, 0.1) is 0 Å². The summed E-state index contributed by atoms with van der Waals surface area (Å²) in [4.78, 5) is 4.33. The molecule has 0 saturated carbocycles. The first-order valence-electron chi connectivity index (χ1n) is 6.76. The predicted octanol–water partition coefficient (Wildman–Crippen LogP) is 3.37. The molecule has 2 heterocycles. The molecule has 2 aromatic rings. The molecule has 6 heteroatoms. The number of nitrogens with zero attached hydrogens (tertiary/aromatic N) is 2. The molecule has 1 aromatic carbocycles. The van der Waals surface area contributed by atoms with Crippen LogP contribution in [0.25, 0.3) is 0 Å². The van der Waals surface area contributed by atoms with Crippen LogP contribution in [0.15, 0.2) is 58.2 Å². The largest absolute Gasteiger partial charge is 0.265 e. The van der Waals surface area contributed by atoms with E-state index in [4.69, 9.17) is 0 Å². The highest BCUT2D eigenvalue weighted by atomic mass is 79.9. The Bertz CT molecular complexity index is 734. The van der Waals surface area contributed by atoms with Crippen LogP contribution in [0.1, 0.15) is 24.4 Å². The van der Waals surface area contributed by atoms with E-state index in [1.54, 1.807) is 34.9 Å². The van der Waals surface area contributed by atoms with Crippen LogP contribution in [0.4, 0.5) is 0 Å². The van der Waals surface area contributed by atoms with Gasteiger partial charge in [-0.3, -0.25) is 4.98 Å². The van der Waals surface area contributed by atoms with Gasteiger partial charge in [0.15, 0.2) is 0 Å². The second-order valence-electron chi connectivity index (χ2n) is 5.01. The van der Waals surface area contributed by atoms with Crippen LogP contribution >= 0.6 is 15.9 Å². The Balaban J connectivity index is 1.98.